The molecule has 5 heteroatoms. The highest BCUT2D eigenvalue weighted by Crippen LogP contribution is 2.24. The molecule has 0 radical (unpaired) electrons. The molecule has 0 aliphatic carbocycles. The van der Waals surface area contributed by atoms with Gasteiger partial charge in [0, 0.05) is 4.91 Å². The second-order valence-electron chi connectivity index (χ2n) is 3.64. The summed E-state index contributed by atoms with van der Waals surface area (Å²) in [6, 6.07) is 8.07. The second kappa shape index (κ2) is 6.70. The molecule has 1 aromatic carbocycles. The summed E-state index contributed by atoms with van der Waals surface area (Å²) in [4.78, 5) is 2.70. The van der Waals surface area contributed by atoms with Crippen LogP contribution >= 0.6 is 0 Å². The average molecular weight is 233 g/mol. The lowest BCUT2D eigenvalue weighted by atomic mass is 9.97. The number of aliphatic hydroxyl groups is 2. The molecule has 90 valence electrons. The zero-order valence-electron chi connectivity index (χ0n) is 9.35. The van der Waals surface area contributed by atoms with Crippen LogP contribution in [0.1, 0.15) is 18.0 Å². The van der Waals surface area contributed by atoms with Gasteiger partial charge in [-0.3, -0.25) is 0 Å². The molecule has 0 spiro atoms. The van der Waals surface area contributed by atoms with Gasteiger partial charge in [0.25, 0.3) is 0 Å². The summed E-state index contributed by atoms with van der Waals surface area (Å²) in [5.41, 5.74) is 9.17. The summed E-state index contributed by atoms with van der Waals surface area (Å²) >= 11 is 0. The predicted octanol–water partition coefficient (Wildman–Crippen LogP) is 2.34. The van der Waals surface area contributed by atoms with Gasteiger partial charge in [-0.25, -0.2) is 0 Å². The van der Waals surface area contributed by atoms with Crippen LogP contribution in [0.25, 0.3) is 10.4 Å². The molecule has 0 saturated carbocycles. The van der Waals surface area contributed by atoms with Crippen molar-refractivity contribution >= 4 is 0 Å². The van der Waals surface area contributed by atoms with Crippen LogP contribution in [0.3, 0.4) is 0 Å². The lowest BCUT2D eigenvalue weighted by Gasteiger charge is -2.22. The zero-order valence-corrected chi connectivity index (χ0v) is 9.35. The van der Waals surface area contributed by atoms with Gasteiger partial charge in [0.15, 0.2) is 0 Å². The van der Waals surface area contributed by atoms with Crippen LogP contribution in [0.5, 0.6) is 0 Å². The van der Waals surface area contributed by atoms with Crippen molar-refractivity contribution in [1.82, 2.24) is 0 Å². The van der Waals surface area contributed by atoms with Gasteiger partial charge in [0.05, 0.1) is 18.2 Å². The molecule has 1 rings (SSSR count). The van der Waals surface area contributed by atoms with Gasteiger partial charge in [0.2, 0.25) is 0 Å². The maximum atomic E-state index is 9.93. The van der Waals surface area contributed by atoms with E-state index in [0.29, 0.717) is 5.56 Å². The smallest absolute Gasteiger partial charge is 0.0927 e. The summed E-state index contributed by atoms with van der Waals surface area (Å²) in [6.45, 7) is 3.49. The first-order chi connectivity index (χ1) is 8.20. The molecular formula is C12H15N3O2. The molecule has 0 heterocycles. The van der Waals surface area contributed by atoms with Crippen molar-refractivity contribution in [3.05, 3.63) is 59.0 Å². The normalized spacial score (nSPS) is 15.4. The molecular weight excluding hydrogens is 218 g/mol. The minimum absolute atomic E-state index is 0.242. The van der Waals surface area contributed by atoms with Gasteiger partial charge in [-0.05, 0) is 17.5 Å². The Morgan fingerprint density at radius 1 is 1.35 bits per heavy atom. The highest BCUT2D eigenvalue weighted by atomic mass is 16.3. The fraction of sp³-hybridized carbons (Fsp3) is 0.333. The Hall–Kier alpha value is -1.81. The third kappa shape index (κ3) is 3.60. The van der Waals surface area contributed by atoms with Gasteiger partial charge in [-0.15, -0.1) is 6.58 Å². The van der Waals surface area contributed by atoms with E-state index in [1.165, 1.54) is 6.08 Å². The monoisotopic (exact) mass is 233 g/mol. The topological polar surface area (TPSA) is 89.2 Å². The standard InChI is InChI=1S/C12H15N3O2/c1-2-6-10(16)12(17)11(14-15-13)9-7-4-3-5-8-9/h2-5,7-8,10-12,16-17H,1,6H2/t10-,11+,12-/m1/s1. The van der Waals surface area contributed by atoms with Gasteiger partial charge in [-0.2, -0.15) is 0 Å². The lowest BCUT2D eigenvalue weighted by Crippen LogP contribution is -2.30. The summed E-state index contributed by atoms with van der Waals surface area (Å²) in [5.74, 6) is 0. The van der Waals surface area contributed by atoms with E-state index < -0.39 is 18.2 Å². The summed E-state index contributed by atoms with van der Waals surface area (Å²) in [6.07, 6.45) is -0.396. The molecule has 0 fully saturated rings. The van der Waals surface area contributed by atoms with Crippen molar-refractivity contribution in [2.45, 2.75) is 24.7 Å². The van der Waals surface area contributed by atoms with Crippen molar-refractivity contribution in [1.29, 1.82) is 0 Å². The van der Waals surface area contributed by atoms with Crippen LogP contribution in [0.15, 0.2) is 48.1 Å². The van der Waals surface area contributed by atoms with E-state index in [9.17, 15) is 10.2 Å². The highest BCUT2D eigenvalue weighted by Gasteiger charge is 2.25. The number of aliphatic hydroxyl groups excluding tert-OH is 2. The maximum absolute atomic E-state index is 9.93. The lowest BCUT2D eigenvalue weighted by molar-refractivity contribution is 0.00578. The third-order valence-electron chi connectivity index (χ3n) is 2.44. The van der Waals surface area contributed by atoms with E-state index in [1.807, 2.05) is 6.07 Å². The van der Waals surface area contributed by atoms with Gasteiger partial charge >= 0.3 is 0 Å². The van der Waals surface area contributed by atoms with Crippen LogP contribution in [-0.2, 0) is 0 Å². The second-order valence-corrected chi connectivity index (χ2v) is 3.64. The van der Waals surface area contributed by atoms with Crippen LogP contribution < -0.4 is 0 Å². The van der Waals surface area contributed by atoms with E-state index >= 15 is 0 Å². The Labute approximate surface area is 99.7 Å². The van der Waals surface area contributed by atoms with Crippen molar-refractivity contribution in [3.63, 3.8) is 0 Å². The molecule has 3 atom stereocenters. The van der Waals surface area contributed by atoms with E-state index in [4.69, 9.17) is 5.53 Å². The summed E-state index contributed by atoms with van der Waals surface area (Å²) in [5, 5.41) is 23.1. The van der Waals surface area contributed by atoms with E-state index in [0.717, 1.165) is 0 Å². The molecule has 2 N–H and O–H groups in total. The Balaban J connectivity index is 2.93. The molecule has 17 heavy (non-hydrogen) atoms. The van der Waals surface area contributed by atoms with Crippen LogP contribution in [0.4, 0.5) is 0 Å². The first-order valence-corrected chi connectivity index (χ1v) is 5.27. The van der Waals surface area contributed by atoms with Crippen molar-refractivity contribution in [2.75, 3.05) is 0 Å². The van der Waals surface area contributed by atoms with Gasteiger partial charge in [-0.1, -0.05) is 41.5 Å². The molecule has 1 aromatic rings. The fourth-order valence-electron chi connectivity index (χ4n) is 1.56. The molecule has 0 amide bonds. The SMILES string of the molecule is C=CC[C@@H](O)[C@@H](O)[C@@H](N=[N+]=[N-])c1ccccc1. The Kier molecular flexibility index (Phi) is 5.23. The maximum Gasteiger partial charge on any atom is 0.0927 e. The number of hydrogen-bond donors (Lipinski definition) is 2. The Bertz CT molecular complexity index is 401. The van der Waals surface area contributed by atoms with E-state index in [2.05, 4.69) is 16.6 Å². The Morgan fingerprint density at radius 2 is 2.00 bits per heavy atom. The number of rotatable bonds is 6. The van der Waals surface area contributed by atoms with Crippen molar-refractivity contribution in [3.8, 4) is 0 Å². The average Bonchev–Trinajstić information content (AvgIpc) is 2.36. The molecule has 0 bridgehead atoms. The Morgan fingerprint density at radius 3 is 2.53 bits per heavy atom. The van der Waals surface area contributed by atoms with Crippen LogP contribution in [-0.4, -0.2) is 22.4 Å². The van der Waals surface area contributed by atoms with Crippen molar-refractivity contribution in [2.24, 2.45) is 5.11 Å². The predicted molar refractivity (Wildman–Crippen MR) is 65.2 cm³/mol. The molecule has 0 unspecified atom stereocenters. The van der Waals surface area contributed by atoms with E-state index in [-0.39, 0.29) is 6.42 Å². The zero-order chi connectivity index (χ0) is 12.7. The quantitative estimate of drug-likeness (QED) is 0.342. The number of benzene rings is 1. The van der Waals surface area contributed by atoms with E-state index in [1.54, 1.807) is 24.3 Å². The van der Waals surface area contributed by atoms with Gasteiger partial charge < -0.3 is 10.2 Å². The molecule has 0 aliphatic rings. The molecule has 5 nitrogen and oxygen atoms in total. The molecule has 0 aromatic heterocycles. The first kappa shape index (κ1) is 13.3. The fourth-order valence-corrected chi connectivity index (χ4v) is 1.56. The number of hydrogen-bond acceptors (Lipinski definition) is 3. The van der Waals surface area contributed by atoms with Gasteiger partial charge in [0.1, 0.15) is 0 Å². The number of nitrogens with zero attached hydrogens (tertiary/aromatic N) is 3. The largest absolute Gasteiger partial charge is 0.390 e. The van der Waals surface area contributed by atoms with Crippen LogP contribution in [0, 0.1) is 0 Å². The molecule has 0 saturated heterocycles. The summed E-state index contributed by atoms with van der Waals surface area (Å²) < 4.78 is 0. The highest BCUT2D eigenvalue weighted by molar-refractivity contribution is 5.20. The summed E-state index contributed by atoms with van der Waals surface area (Å²) in [7, 11) is 0. The number of azide groups is 1. The van der Waals surface area contributed by atoms with Crippen LogP contribution in [0.2, 0.25) is 0 Å². The van der Waals surface area contributed by atoms with Crippen molar-refractivity contribution < 1.29 is 10.2 Å². The first-order valence-electron chi connectivity index (χ1n) is 5.27. The molecule has 0 aliphatic heterocycles. The minimum atomic E-state index is -1.15. The minimum Gasteiger partial charge on any atom is -0.390 e. The third-order valence-corrected chi connectivity index (χ3v) is 2.44.